The van der Waals surface area contributed by atoms with E-state index in [0.717, 1.165) is 13.0 Å². The first-order chi connectivity index (χ1) is 14.3. The number of amides is 1. The number of aliphatic imine (C=N–C) groups is 1. The summed E-state index contributed by atoms with van der Waals surface area (Å²) < 4.78 is 59.6. The number of hydrogen-bond donors (Lipinski definition) is 2. The molecule has 0 fully saturated rings. The number of nitrogens with one attached hydrogen (secondary N) is 1. The lowest BCUT2D eigenvalue weighted by Gasteiger charge is -2.41. The van der Waals surface area contributed by atoms with Gasteiger partial charge in [0.1, 0.15) is 22.9 Å². The Hall–Kier alpha value is -2.72. The number of pyridine rings is 1. The van der Waals surface area contributed by atoms with Gasteiger partial charge in [0.2, 0.25) is 5.60 Å². The highest BCUT2D eigenvalue weighted by molar-refractivity contribution is 6.30. The van der Waals surface area contributed by atoms with Crippen LogP contribution in [0.4, 0.5) is 23.2 Å². The third kappa shape index (κ3) is 4.22. The highest BCUT2D eigenvalue weighted by Crippen LogP contribution is 2.41. The summed E-state index contributed by atoms with van der Waals surface area (Å²) in [7, 11) is 0. The second kappa shape index (κ2) is 7.76. The van der Waals surface area contributed by atoms with E-state index in [2.05, 4.69) is 15.3 Å². The molecule has 31 heavy (non-hydrogen) atoms. The molecule has 166 valence electrons. The molecule has 1 aromatic carbocycles. The fourth-order valence-electron chi connectivity index (χ4n) is 3.11. The SMILES string of the molecule is Cc1cc(Cl)cnc1C(=O)Nc1ccc(F)c(C2(C)COC(C)(C(F)(F)F)C(N)=N2)c1. The Morgan fingerprint density at radius 3 is 2.55 bits per heavy atom. The summed E-state index contributed by atoms with van der Waals surface area (Å²) in [6.07, 6.45) is -3.48. The molecule has 0 bridgehead atoms. The average Bonchev–Trinajstić information content (AvgIpc) is 2.65. The largest absolute Gasteiger partial charge is 0.424 e. The standard InChI is InChI=1S/C20H19ClF4N4O2/c1-10-6-11(21)8-27-15(10)16(30)28-12-4-5-14(22)13(7-12)18(2)9-31-19(3,17(26)29-18)20(23,24)25/h4-8H,9H2,1-3H3,(H2,26,29)(H,28,30). The topological polar surface area (TPSA) is 89.6 Å². The van der Waals surface area contributed by atoms with Gasteiger partial charge >= 0.3 is 6.18 Å². The minimum absolute atomic E-state index is 0.0849. The van der Waals surface area contributed by atoms with E-state index in [1.54, 1.807) is 13.0 Å². The molecule has 0 aliphatic carbocycles. The van der Waals surface area contributed by atoms with Gasteiger partial charge in [0.25, 0.3) is 5.91 Å². The Morgan fingerprint density at radius 1 is 1.29 bits per heavy atom. The van der Waals surface area contributed by atoms with Gasteiger partial charge in [-0.3, -0.25) is 9.79 Å². The van der Waals surface area contributed by atoms with Crippen molar-refractivity contribution in [2.45, 2.75) is 38.1 Å². The number of aromatic nitrogens is 1. The number of carbonyl (C=O) groups excluding carboxylic acids is 1. The lowest BCUT2D eigenvalue weighted by atomic mass is 9.89. The monoisotopic (exact) mass is 458 g/mol. The first-order valence-corrected chi connectivity index (χ1v) is 9.45. The van der Waals surface area contributed by atoms with Crippen molar-refractivity contribution < 1.29 is 27.1 Å². The Balaban J connectivity index is 1.94. The number of amidine groups is 1. The van der Waals surface area contributed by atoms with E-state index < -0.39 is 41.5 Å². The van der Waals surface area contributed by atoms with Crippen LogP contribution >= 0.6 is 11.6 Å². The molecule has 2 heterocycles. The van der Waals surface area contributed by atoms with Gasteiger partial charge < -0.3 is 15.8 Å². The number of alkyl halides is 3. The van der Waals surface area contributed by atoms with Gasteiger partial charge in [0.15, 0.2) is 0 Å². The third-order valence-electron chi connectivity index (χ3n) is 5.10. The first kappa shape index (κ1) is 23.0. The number of anilines is 1. The van der Waals surface area contributed by atoms with E-state index in [1.165, 1.54) is 25.3 Å². The quantitative estimate of drug-likeness (QED) is 0.669. The molecule has 0 radical (unpaired) electrons. The molecular weight excluding hydrogens is 440 g/mol. The van der Waals surface area contributed by atoms with E-state index in [-0.39, 0.29) is 16.9 Å². The smallest absolute Gasteiger partial charge is 0.385 e. The van der Waals surface area contributed by atoms with Crippen LogP contribution in [0.5, 0.6) is 0 Å². The summed E-state index contributed by atoms with van der Waals surface area (Å²) in [4.78, 5) is 20.5. The molecular formula is C20H19ClF4N4O2. The van der Waals surface area contributed by atoms with Crippen LogP contribution in [0.2, 0.25) is 5.02 Å². The van der Waals surface area contributed by atoms with Gasteiger partial charge in [-0.25, -0.2) is 9.37 Å². The van der Waals surface area contributed by atoms with E-state index in [0.29, 0.717) is 10.6 Å². The summed E-state index contributed by atoms with van der Waals surface area (Å²) in [5, 5.41) is 2.95. The minimum Gasteiger partial charge on any atom is -0.385 e. The Bertz CT molecular complexity index is 1080. The normalized spacial score (nSPS) is 23.9. The van der Waals surface area contributed by atoms with E-state index in [9.17, 15) is 22.4 Å². The summed E-state index contributed by atoms with van der Waals surface area (Å²) in [5.74, 6) is -2.12. The number of nitrogens with two attached hydrogens (primary N) is 1. The zero-order valence-corrected chi connectivity index (χ0v) is 17.5. The van der Waals surface area contributed by atoms with Crippen LogP contribution in [0.15, 0.2) is 35.5 Å². The van der Waals surface area contributed by atoms with Crippen LogP contribution in [-0.2, 0) is 10.3 Å². The zero-order valence-electron chi connectivity index (χ0n) is 16.8. The fraction of sp³-hybridized carbons (Fsp3) is 0.350. The molecule has 1 aliphatic rings. The van der Waals surface area contributed by atoms with Crippen molar-refractivity contribution in [2.75, 3.05) is 11.9 Å². The maximum atomic E-state index is 14.6. The zero-order chi connectivity index (χ0) is 23.2. The molecule has 1 amide bonds. The third-order valence-corrected chi connectivity index (χ3v) is 5.31. The van der Waals surface area contributed by atoms with Crippen molar-refractivity contribution in [3.8, 4) is 0 Å². The van der Waals surface area contributed by atoms with E-state index >= 15 is 0 Å². The predicted molar refractivity (Wildman–Crippen MR) is 108 cm³/mol. The van der Waals surface area contributed by atoms with Crippen molar-refractivity contribution in [3.63, 3.8) is 0 Å². The predicted octanol–water partition coefficient (Wildman–Crippen LogP) is 4.36. The number of benzene rings is 1. The van der Waals surface area contributed by atoms with Crippen LogP contribution in [0, 0.1) is 12.7 Å². The van der Waals surface area contributed by atoms with Crippen molar-refractivity contribution in [3.05, 3.63) is 58.1 Å². The van der Waals surface area contributed by atoms with Crippen LogP contribution in [0.25, 0.3) is 0 Å². The lowest BCUT2D eigenvalue weighted by molar-refractivity contribution is -0.249. The van der Waals surface area contributed by atoms with Crippen LogP contribution in [-0.4, -0.2) is 35.1 Å². The molecule has 11 heteroatoms. The summed E-state index contributed by atoms with van der Waals surface area (Å²) in [6, 6.07) is 5.22. The molecule has 2 unspecified atom stereocenters. The van der Waals surface area contributed by atoms with Gasteiger partial charge in [-0.15, -0.1) is 0 Å². The Morgan fingerprint density at radius 2 is 1.97 bits per heavy atom. The van der Waals surface area contributed by atoms with E-state index in [1.807, 2.05) is 0 Å². The second-order valence-electron chi connectivity index (χ2n) is 7.56. The number of nitrogens with zero attached hydrogens (tertiary/aromatic N) is 2. The lowest BCUT2D eigenvalue weighted by Crippen LogP contribution is -2.60. The van der Waals surface area contributed by atoms with Gasteiger partial charge in [-0.05, 0) is 50.6 Å². The van der Waals surface area contributed by atoms with Gasteiger partial charge in [0.05, 0.1) is 11.6 Å². The number of rotatable bonds is 3. The highest BCUT2D eigenvalue weighted by Gasteiger charge is 2.59. The molecule has 0 spiro atoms. The molecule has 3 N–H and O–H groups in total. The molecule has 1 aromatic heterocycles. The number of aryl methyl sites for hydroxylation is 1. The highest BCUT2D eigenvalue weighted by atomic mass is 35.5. The summed E-state index contributed by atoms with van der Waals surface area (Å²) >= 11 is 5.84. The van der Waals surface area contributed by atoms with Gasteiger partial charge in [0, 0.05) is 17.4 Å². The van der Waals surface area contributed by atoms with Crippen LogP contribution in [0.3, 0.4) is 0 Å². The van der Waals surface area contributed by atoms with Gasteiger partial charge in [-0.2, -0.15) is 13.2 Å². The molecule has 3 rings (SSSR count). The maximum absolute atomic E-state index is 14.6. The summed E-state index contributed by atoms with van der Waals surface area (Å²) in [6.45, 7) is 3.24. The number of hydrogen-bond acceptors (Lipinski definition) is 5. The molecule has 2 aromatic rings. The number of ether oxygens (including phenoxy) is 1. The van der Waals surface area contributed by atoms with Crippen LogP contribution in [0.1, 0.15) is 35.5 Å². The van der Waals surface area contributed by atoms with Crippen molar-refractivity contribution in [1.29, 1.82) is 0 Å². The maximum Gasteiger partial charge on any atom is 0.424 e. The van der Waals surface area contributed by atoms with E-state index in [4.69, 9.17) is 22.1 Å². The molecule has 0 saturated heterocycles. The molecule has 6 nitrogen and oxygen atoms in total. The molecule has 1 aliphatic heterocycles. The summed E-state index contributed by atoms with van der Waals surface area (Å²) in [5.41, 5.74) is 2.03. The van der Waals surface area contributed by atoms with Crippen LogP contribution < -0.4 is 11.1 Å². The minimum atomic E-state index is -4.79. The fourth-order valence-corrected chi connectivity index (χ4v) is 3.33. The molecule has 2 atom stereocenters. The first-order valence-electron chi connectivity index (χ1n) is 9.07. The van der Waals surface area contributed by atoms with Crippen molar-refractivity contribution >= 4 is 29.0 Å². The number of halogens is 5. The van der Waals surface area contributed by atoms with Crippen molar-refractivity contribution in [2.24, 2.45) is 10.7 Å². The van der Waals surface area contributed by atoms with Crippen molar-refractivity contribution in [1.82, 2.24) is 4.98 Å². The Kier molecular flexibility index (Phi) is 5.74. The van der Waals surface area contributed by atoms with Gasteiger partial charge in [-0.1, -0.05) is 11.6 Å². The number of carbonyl (C=O) groups is 1. The average molecular weight is 459 g/mol. The molecule has 0 saturated carbocycles. The Labute approximate surface area is 180 Å². The second-order valence-corrected chi connectivity index (χ2v) is 7.99.